The number of benzene rings is 1. The number of carbonyl (C=O) groups is 1. The summed E-state index contributed by atoms with van der Waals surface area (Å²) in [5.41, 5.74) is 5.28. The first kappa shape index (κ1) is 12.3. The Balaban J connectivity index is 3.03. The lowest BCUT2D eigenvalue weighted by atomic mass is 10.1. The first-order chi connectivity index (χ1) is 7.45. The molecule has 0 bridgehead atoms. The molecule has 0 saturated heterocycles. The van der Waals surface area contributed by atoms with Gasteiger partial charge in [0.15, 0.2) is 11.6 Å². The van der Waals surface area contributed by atoms with Gasteiger partial charge in [0.05, 0.1) is 7.11 Å². The molecule has 0 aliphatic rings. The first-order valence-corrected chi connectivity index (χ1v) is 4.49. The van der Waals surface area contributed by atoms with Crippen molar-refractivity contribution < 1.29 is 24.1 Å². The summed E-state index contributed by atoms with van der Waals surface area (Å²) in [6.45, 7) is 0. The van der Waals surface area contributed by atoms with Gasteiger partial charge in [0, 0.05) is 12.5 Å². The number of methoxy groups -OCH3 is 1. The number of carboxylic acids is 1. The van der Waals surface area contributed by atoms with Crippen LogP contribution in [0.1, 0.15) is 5.56 Å². The Labute approximate surface area is 91.3 Å². The fourth-order valence-electron chi connectivity index (χ4n) is 1.23. The van der Waals surface area contributed by atoms with Gasteiger partial charge in [0.2, 0.25) is 0 Å². The molecule has 0 heterocycles. The Hall–Kier alpha value is -1.82. The van der Waals surface area contributed by atoms with Crippen molar-refractivity contribution in [3.63, 3.8) is 0 Å². The minimum atomic E-state index is -1.23. The van der Waals surface area contributed by atoms with Crippen molar-refractivity contribution in [2.45, 2.75) is 12.5 Å². The molecule has 1 aromatic rings. The third-order valence-corrected chi connectivity index (χ3v) is 2.10. The number of rotatable bonds is 4. The van der Waals surface area contributed by atoms with Gasteiger partial charge < -0.3 is 20.7 Å². The van der Waals surface area contributed by atoms with Crippen molar-refractivity contribution in [1.29, 1.82) is 0 Å². The van der Waals surface area contributed by atoms with Crippen LogP contribution in [0.2, 0.25) is 0 Å². The van der Waals surface area contributed by atoms with Crippen LogP contribution in [-0.4, -0.2) is 29.3 Å². The molecule has 0 aromatic heterocycles. The van der Waals surface area contributed by atoms with Gasteiger partial charge in [0.1, 0.15) is 11.8 Å². The van der Waals surface area contributed by atoms with Gasteiger partial charge in [-0.15, -0.1) is 0 Å². The lowest BCUT2D eigenvalue weighted by Gasteiger charge is -2.10. The van der Waals surface area contributed by atoms with E-state index in [0.29, 0.717) is 0 Å². The summed E-state index contributed by atoms with van der Waals surface area (Å²) in [5, 5.41) is 17.8. The molecular formula is C10H12FNO4. The Morgan fingerprint density at radius 1 is 1.62 bits per heavy atom. The summed E-state index contributed by atoms with van der Waals surface area (Å²) in [7, 11) is 1.35. The lowest BCUT2D eigenvalue weighted by molar-refractivity contribution is -0.138. The van der Waals surface area contributed by atoms with Gasteiger partial charge in [-0.05, 0) is 11.6 Å². The topological polar surface area (TPSA) is 92.8 Å². The summed E-state index contributed by atoms with van der Waals surface area (Å²) in [4.78, 5) is 10.5. The van der Waals surface area contributed by atoms with E-state index < -0.39 is 23.6 Å². The molecule has 0 aliphatic heterocycles. The minimum absolute atomic E-state index is 0.00625. The largest absolute Gasteiger partial charge is 0.505 e. The SMILES string of the molecule is COc1cc(O)c(F)c(CC(N)C(=O)O)c1. The van der Waals surface area contributed by atoms with Crippen molar-refractivity contribution in [3.05, 3.63) is 23.5 Å². The Morgan fingerprint density at radius 2 is 2.25 bits per heavy atom. The van der Waals surface area contributed by atoms with E-state index in [0.717, 1.165) is 6.07 Å². The van der Waals surface area contributed by atoms with Crippen LogP contribution in [0.5, 0.6) is 11.5 Å². The van der Waals surface area contributed by atoms with Crippen molar-refractivity contribution in [3.8, 4) is 11.5 Å². The highest BCUT2D eigenvalue weighted by Crippen LogP contribution is 2.26. The van der Waals surface area contributed by atoms with Crippen LogP contribution in [0.15, 0.2) is 12.1 Å². The maximum atomic E-state index is 13.4. The summed E-state index contributed by atoms with van der Waals surface area (Å²) in [6, 6.07) is 1.18. The van der Waals surface area contributed by atoms with Crippen molar-refractivity contribution in [2.75, 3.05) is 7.11 Å². The molecule has 4 N–H and O–H groups in total. The number of aliphatic carboxylic acids is 1. The highest BCUT2D eigenvalue weighted by molar-refractivity contribution is 5.73. The minimum Gasteiger partial charge on any atom is -0.505 e. The number of nitrogens with two attached hydrogens (primary N) is 1. The summed E-state index contributed by atoms with van der Waals surface area (Å²) < 4.78 is 18.2. The number of aromatic hydroxyl groups is 1. The zero-order chi connectivity index (χ0) is 12.3. The number of carboxylic acid groups (broad SMARTS) is 1. The van der Waals surface area contributed by atoms with Crippen molar-refractivity contribution in [2.24, 2.45) is 5.73 Å². The molecule has 0 saturated carbocycles. The molecule has 0 spiro atoms. The van der Waals surface area contributed by atoms with E-state index in [1.54, 1.807) is 0 Å². The van der Waals surface area contributed by atoms with Gasteiger partial charge in [-0.2, -0.15) is 0 Å². The molecule has 16 heavy (non-hydrogen) atoms. The van der Waals surface area contributed by atoms with Crippen LogP contribution in [-0.2, 0) is 11.2 Å². The summed E-state index contributed by atoms with van der Waals surface area (Å²) in [5.74, 6) is -2.46. The fraction of sp³-hybridized carbons (Fsp3) is 0.300. The molecule has 1 rings (SSSR count). The molecule has 6 heteroatoms. The first-order valence-electron chi connectivity index (χ1n) is 4.49. The molecule has 0 amide bonds. The maximum Gasteiger partial charge on any atom is 0.320 e. The number of phenolic OH excluding ortho intramolecular Hbond substituents is 1. The monoisotopic (exact) mass is 229 g/mol. The Bertz CT molecular complexity index is 408. The molecule has 0 radical (unpaired) electrons. The smallest absolute Gasteiger partial charge is 0.320 e. The Morgan fingerprint density at radius 3 is 2.75 bits per heavy atom. The van der Waals surface area contributed by atoms with E-state index in [4.69, 9.17) is 15.6 Å². The number of phenols is 1. The van der Waals surface area contributed by atoms with Crippen molar-refractivity contribution >= 4 is 5.97 Å². The van der Waals surface area contributed by atoms with Gasteiger partial charge in [0.25, 0.3) is 0 Å². The van der Waals surface area contributed by atoms with Crippen LogP contribution < -0.4 is 10.5 Å². The summed E-state index contributed by atoms with van der Waals surface area (Å²) >= 11 is 0. The molecule has 5 nitrogen and oxygen atoms in total. The van der Waals surface area contributed by atoms with E-state index in [2.05, 4.69) is 0 Å². The zero-order valence-corrected chi connectivity index (χ0v) is 8.61. The normalized spacial score (nSPS) is 12.2. The van der Waals surface area contributed by atoms with Gasteiger partial charge >= 0.3 is 5.97 Å². The second-order valence-corrected chi connectivity index (χ2v) is 3.27. The van der Waals surface area contributed by atoms with Crippen LogP contribution in [0.25, 0.3) is 0 Å². The maximum absolute atomic E-state index is 13.4. The number of ether oxygens (including phenoxy) is 1. The fourth-order valence-corrected chi connectivity index (χ4v) is 1.23. The van der Waals surface area contributed by atoms with E-state index in [-0.39, 0.29) is 17.7 Å². The van der Waals surface area contributed by atoms with Crippen LogP contribution >= 0.6 is 0 Å². The standard InChI is InChI=1S/C10H12FNO4/c1-16-6-2-5(3-7(12)10(14)15)9(11)8(13)4-6/h2,4,7,13H,3,12H2,1H3,(H,14,15). The highest BCUT2D eigenvalue weighted by Gasteiger charge is 2.17. The molecular weight excluding hydrogens is 217 g/mol. The molecule has 1 unspecified atom stereocenters. The van der Waals surface area contributed by atoms with E-state index in [9.17, 15) is 14.3 Å². The third-order valence-electron chi connectivity index (χ3n) is 2.10. The van der Waals surface area contributed by atoms with Gasteiger partial charge in [-0.1, -0.05) is 0 Å². The average molecular weight is 229 g/mol. The molecule has 88 valence electrons. The predicted octanol–water partition coefficient (Wildman–Crippen LogP) is 0.494. The highest BCUT2D eigenvalue weighted by atomic mass is 19.1. The number of hydrogen-bond acceptors (Lipinski definition) is 4. The van der Waals surface area contributed by atoms with E-state index in [1.807, 2.05) is 0 Å². The molecule has 1 atom stereocenters. The van der Waals surface area contributed by atoms with Crippen molar-refractivity contribution in [1.82, 2.24) is 0 Å². The molecule has 0 aliphatic carbocycles. The van der Waals surface area contributed by atoms with E-state index >= 15 is 0 Å². The number of hydrogen-bond donors (Lipinski definition) is 3. The van der Waals surface area contributed by atoms with Crippen LogP contribution in [0, 0.1) is 5.82 Å². The third kappa shape index (κ3) is 2.60. The van der Waals surface area contributed by atoms with Gasteiger partial charge in [-0.3, -0.25) is 4.79 Å². The molecule has 0 fully saturated rings. The zero-order valence-electron chi connectivity index (χ0n) is 8.61. The average Bonchev–Trinajstić information content (AvgIpc) is 2.24. The predicted molar refractivity (Wildman–Crippen MR) is 53.9 cm³/mol. The Kier molecular flexibility index (Phi) is 3.68. The summed E-state index contributed by atoms with van der Waals surface area (Å²) in [6.07, 6.45) is -0.216. The van der Waals surface area contributed by atoms with Gasteiger partial charge in [-0.25, -0.2) is 4.39 Å². The molecule has 1 aromatic carbocycles. The van der Waals surface area contributed by atoms with Crippen LogP contribution in [0.3, 0.4) is 0 Å². The lowest BCUT2D eigenvalue weighted by Crippen LogP contribution is -2.32. The van der Waals surface area contributed by atoms with Crippen LogP contribution in [0.4, 0.5) is 4.39 Å². The number of halogens is 1. The quantitative estimate of drug-likeness (QED) is 0.698. The second kappa shape index (κ2) is 4.80. The van der Waals surface area contributed by atoms with E-state index in [1.165, 1.54) is 13.2 Å². The second-order valence-electron chi connectivity index (χ2n) is 3.27.